The lowest BCUT2D eigenvalue weighted by Crippen LogP contribution is -2.77. The smallest absolute Gasteiger partial charge is 0.256 e. The molecule has 9 heteroatoms. The van der Waals surface area contributed by atoms with Crippen molar-refractivity contribution >= 4 is 23.0 Å². The molecule has 1 aliphatic heterocycles. The van der Waals surface area contributed by atoms with Gasteiger partial charge < -0.3 is 24.7 Å². The average molecular weight is 293 g/mol. The summed E-state index contributed by atoms with van der Waals surface area (Å²) in [6.07, 6.45) is 1.20. The third-order valence-corrected chi connectivity index (χ3v) is 4.02. The van der Waals surface area contributed by atoms with Crippen molar-refractivity contribution in [2.75, 3.05) is 5.32 Å². The van der Waals surface area contributed by atoms with Gasteiger partial charge in [0, 0.05) is 14.0 Å². The van der Waals surface area contributed by atoms with Crippen molar-refractivity contribution in [2.45, 2.75) is 31.2 Å². The van der Waals surface area contributed by atoms with Crippen LogP contribution in [-0.2, 0) is 17.6 Å². The molecule has 1 aliphatic rings. The van der Waals surface area contributed by atoms with E-state index in [1.807, 2.05) is 0 Å². The Morgan fingerprint density at radius 2 is 2.19 bits per heavy atom. The molecule has 0 spiro atoms. The minimum atomic E-state index is -1.88. The Balaban J connectivity index is 2.34. The van der Waals surface area contributed by atoms with E-state index in [2.05, 4.69) is 15.3 Å². The standard InChI is InChI=1S/C12H15N5O4/c1-11(10(19)20)9(18)12(2,21)17-5-14-7-6(8(17)15-11)13-4-16(7)3/h4-5,9,18,21H,1-3H3,(H,19,20)/t9-,11+,12-/m1/s1. The predicted molar refractivity (Wildman–Crippen MR) is 67.6 cm³/mol. The lowest BCUT2D eigenvalue weighted by molar-refractivity contribution is -0.807. The second-order valence-corrected chi connectivity index (χ2v) is 5.60. The van der Waals surface area contributed by atoms with E-state index in [4.69, 9.17) is 0 Å². The molecule has 0 fully saturated rings. The summed E-state index contributed by atoms with van der Waals surface area (Å²) < 4.78 is 2.92. The number of hydrogen-bond donors (Lipinski definition) is 3. The molecule has 0 saturated heterocycles. The van der Waals surface area contributed by atoms with E-state index in [0.717, 1.165) is 0 Å². The van der Waals surface area contributed by atoms with Crippen LogP contribution in [-0.4, -0.2) is 42.4 Å². The lowest BCUT2D eigenvalue weighted by atomic mass is 9.85. The van der Waals surface area contributed by atoms with Crippen LogP contribution in [0.2, 0.25) is 0 Å². The Morgan fingerprint density at radius 3 is 2.81 bits per heavy atom. The number of carbonyl (C=O) groups is 1. The lowest BCUT2D eigenvalue weighted by Gasteiger charge is -2.44. The molecule has 0 aliphatic carbocycles. The second-order valence-electron chi connectivity index (χ2n) is 5.60. The van der Waals surface area contributed by atoms with E-state index < -0.39 is 23.3 Å². The zero-order chi connectivity index (χ0) is 15.6. The summed E-state index contributed by atoms with van der Waals surface area (Å²) in [4.78, 5) is 19.8. The molecule has 0 amide bonds. The Kier molecular flexibility index (Phi) is 2.54. The van der Waals surface area contributed by atoms with Crippen molar-refractivity contribution in [1.82, 2.24) is 14.5 Å². The summed E-state index contributed by atoms with van der Waals surface area (Å²) in [7, 11) is 1.74. The molecule has 3 rings (SSSR count). The number of aryl methyl sites for hydroxylation is 1. The Morgan fingerprint density at radius 1 is 1.52 bits per heavy atom. The predicted octanol–water partition coefficient (Wildman–Crippen LogP) is -2.78. The van der Waals surface area contributed by atoms with Gasteiger partial charge in [0.25, 0.3) is 5.82 Å². The van der Waals surface area contributed by atoms with Gasteiger partial charge in [0.15, 0.2) is 17.2 Å². The zero-order valence-electron chi connectivity index (χ0n) is 11.7. The molecule has 2 aromatic heterocycles. The number of carboxylic acid groups (broad SMARTS) is 1. The number of imidazole rings is 1. The van der Waals surface area contributed by atoms with Gasteiger partial charge in [-0.3, -0.25) is 5.32 Å². The van der Waals surface area contributed by atoms with Crippen LogP contribution in [0.4, 0.5) is 5.82 Å². The van der Waals surface area contributed by atoms with Crippen LogP contribution in [0.1, 0.15) is 13.8 Å². The molecule has 9 nitrogen and oxygen atoms in total. The van der Waals surface area contributed by atoms with Crippen molar-refractivity contribution < 1.29 is 24.7 Å². The van der Waals surface area contributed by atoms with E-state index in [-0.39, 0.29) is 5.82 Å². The fourth-order valence-electron chi connectivity index (χ4n) is 2.65. The van der Waals surface area contributed by atoms with Crippen molar-refractivity contribution in [3.05, 3.63) is 12.7 Å². The normalized spacial score (nSPS) is 31.8. The van der Waals surface area contributed by atoms with Crippen molar-refractivity contribution in [3.8, 4) is 0 Å². The van der Waals surface area contributed by atoms with Gasteiger partial charge in [-0.1, -0.05) is 4.98 Å². The van der Waals surface area contributed by atoms with Crippen LogP contribution < -0.4 is 15.0 Å². The highest BCUT2D eigenvalue weighted by Gasteiger charge is 2.56. The minimum Gasteiger partial charge on any atom is -0.546 e. The SMILES string of the molecule is Cn1cnc2c3[n+](cnc21)[C@](C)(O)[C@H](O)[C@@](C)(C(=O)[O-])N3. The highest BCUT2D eigenvalue weighted by Crippen LogP contribution is 2.32. The molecule has 0 aromatic carbocycles. The summed E-state index contributed by atoms with van der Waals surface area (Å²) in [5.41, 5.74) is -2.84. The van der Waals surface area contributed by atoms with Crippen LogP contribution in [0.25, 0.3) is 11.2 Å². The number of fused-ring (bicyclic) bond motifs is 3. The molecule has 21 heavy (non-hydrogen) atoms. The molecule has 0 radical (unpaired) electrons. The molecule has 0 unspecified atom stereocenters. The summed E-state index contributed by atoms with van der Waals surface area (Å²) in [6.45, 7) is 2.56. The van der Waals surface area contributed by atoms with Gasteiger partial charge in [0.05, 0.1) is 12.3 Å². The second kappa shape index (κ2) is 3.89. The summed E-state index contributed by atoms with van der Waals surface area (Å²) in [5.74, 6) is -1.27. The van der Waals surface area contributed by atoms with E-state index in [9.17, 15) is 20.1 Å². The van der Waals surface area contributed by atoms with E-state index in [1.54, 1.807) is 11.6 Å². The average Bonchev–Trinajstić information content (AvgIpc) is 2.78. The van der Waals surface area contributed by atoms with Crippen LogP contribution in [0.15, 0.2) is 12.7 Å². The Bertz CT molecular complexity index is 755. The number of aliphatic hydroxyl groups is 2. The van der Waals surface area contributed by atoms with E-state index in [0.29, 0.717) is 11.2 Å². The number of rotatable bonds is 1. The molecule has 3 N–H and O–H groups in total. The molecule has 2 aromatic rings. The van der Waals surface area contributed by atoms with Gasteiger partial charge in [0.1, 0.15) is 0 Å². The molecule has 3 atom stereocenters. The van der Waals surface area contributed by atoms with Crippen molar-refractivity contribution in [3.63, 3.8) is 0 Å². The van der Waals surface area contributed by atoms with Crippen LogP contribution >= 0.6 is 0 Å². The van der Waals surface area contributed by atoms with Crippen LogP contribution in [0.5, 0.6) is 0 Å². The third kappa shape index (κ3) is 1.58. The number of aliphatic carboxylic acids is 1. The number of carboxylic acids is 1. The van der Waals surface area contributed by atoms with Crippen molar-refractivity contribution in [1.29, 1.82) is 0 Å². The molecule has 3 heterocycles. The van der Waals surface area contributed by atoms with Gasteiger partial charge in [-0.25, -0.2) is 9.55 Å². The number of nitrogens with zero attached hydrogens (tertiary/aromatic N) is 4. The largest absolute Gasteiger partial charge is 0.546 e. The molecular weight excluding hydrogens is 278 g/mol. The van der Waals surface area contributed by atoms with E-state index in [1.165, 1.54) is 31.1 Å². The molecule has 0 bridgehead atoms. The minimum absolute atomic E-state index is 0.252. The highest BCUT2D eigenvalue weighted by atomic mass is 16.4. The maximum Gasteiger partial charge on any atom is 0.256 e. The molecule has 0 saturated carbocycles. The zero-order valence-corrected chi connectivity index (χ0v) is 11.7. The first-order valence-electron chi connectivity index (χ1n) is 6.32. The molecular formula is C12H15N5O4. The van der Waals surface area contributed by atoms with Gasteiger partial charge in [0.2, 0.25) is 17.7 Å². The highest BCUT2D eigenvalue weighted by molar-refractivity contribution is 5.87. The van der Waals surface area contributed by atoms with Crippen LogP contribution in [0.3, 0.4) is 0 Å². The maximum atomic E-state index is 11.4. The van der Waals surface area contributed by atoms with Crippen LogP contribution in [0, 0.1) is 0 Å². The summed E-state index contributed by atoms with van der Waals surface area (Å²) >= 11 is 0. The molecule has 112 valence electrons. The van der Waals surface area contributed by atoms with Crippen molar-refractivity contribution in [2.24, 2.45) is 7.05 Å². The monoisotopic (exact) mass is 293 g/mol. The maximum absolute atomic E-state index is 11.4. The summed E-state index contributed by atoms with van der Waals surface area (Å²) in [5, 5.41) is 34.9. The summed E-state index contributed by atoms with van der Waals surface area (Å²) in [6, 6.07) is 0. The van der Waals surface area contributed by atoms with Gasteiger partial charge in [-0.15, -0.1) is 0 Å². The number of aliphatic hydroxyl groups excluding tert-OH is 1. The number of nitrogens with one attached hydrogen (secondary N) is 1. The fourth-order valence-corrected chi connectivity index (χ4v) is 2.65. The third-order valence-electron chi connectivity index (χ3n) is 4.02. The first-order valence-corrected chi connectivity index (χ1v) is 6.32. The van der Waals surface area contributed by atoms with Gasteiger partial charge >= 0.3 is 0 Å². The van der Waals surface area contributed by atoms with E-state index >= 15 is 0 Å². The Labute approximate surface area is 119 Å². The van der Waals surface area contributed by atoms with Gasteiger partial charge in [-0.2, -0.15) is 0 Å². The first kappa shape index (κ1) is 13.7. The van der Waals surface area contributed by atoms with Gasteiger partial charge in [-0.05, 0) is 6.92 Å². The number of hydrogen-bond acceptors (Lipinski definition) is 7. The topological polar surface area (TPSA) is 127 Å². The first-order chi connectivity index (χ1) is 9.69. The number of anilines is 1. The quantitative estimate of drug-likeness (QED) is 0.485. The fraction of sp³-hybridized carbons (Fsp3) is 0.500. The Hall–Kier alpha value is -2.26. The number of aromatic nitrogens is 4. The number of carbonyl (C=O) groups excluding carboxylic acids is 1.